The Hall–Kier alpha value is -3.59. The largest absolute Gasteiger partial charge is 0.453 e. The quantitative estimate of drug-likeness (QED) is 0.269. The lowest BCUT2D eigenvalue weighted by atomic mass is 10.1. The Bertz CT molecular complexity index is 1190. The van der Waals surface area contributed by atoms with Gasteiger partial charge in [-0.15, -0.1) is 0 Å². The number of rotatable bonds is 7. The lowest BCUT2D eigenvalue weighted by Gasteiger charge is -2.07. The average Bonchev–Trinajstić information content (AvgIpc) is 3.20. The monoisotopic (exact) mass is 403 g/mol. The van der Waals surface area contributed by atoms with Crippen LogP contribution < -0.4 is 0 Å². The predicted molar refractivity (Wildman–Crippen MR) is 116 cm³/mol. The molecular weight excluding hydrogens is 378 g/mol. The molecule has 6 heteroatoms. The van der Waals surface area contributed by atoms with Gasteiger partial charge >= 0.3 is 5.97 Å². The van der Waals surface area contributed by atoms with Crippen LogP contribution in [-0.2, 0) is 16.1 Å². The number of aryl methyl sites for hydroxylation is 2. The molecule has 0 atom stereocenters. The van der Waals surface area contributed by atoms with Gasteiger partial charge in [-0.25, -0.2) is 4.79 Å². The predicted octanol–water partition coefficient (Wildman–Crippen LogP) is 4.64. The number of H-pyrrole nitrogens is 1. The first kappa shape index (κ1) is 21.1. The van der Waals surface area contributed by atoms with Gasteiger partial charge in [-0.1, -0.05) is 25.1 Å². The topological polar surface area (TPSA) is 87.9 Å². The molecule has 3 rings (SSSR count). The first-order valence-electron chi connectivity index (χ1n) is 9.93. The number of benzene rings is 1. The zero-order valence-corrected chi connectivity index (χ0v) is 17.7. The molecule has 0 spiro atoms. The van der Waals surface area contributed by atoms with E-state index in [1.54, 1.807) is 0 Å². The van der Waals surface area contributed by atoms with Crippen LogP contribution in [0.15, 0.2) is 35.9 Å². The van der Waals surface area contributed by atoms with Gasteiger partial charge in [0.05, 0.1) is 0 Å². The minimum absolute atomic E-state index is 0.129. The third kappa shape index (κ3) is 4.06. The third-order valence-electron chi connectivity index (χ3n) is 5.21. The summed E-state index contributed by atoms with van der Waals surface area (Å²) in [7, 11) is 0. The van der Waals surface area contributed by atoms with Crippen LogP contribution in [0, 0.1) is 32.1 Å². The Morgan fingerprint density at radius 3 is 2.67 bits per heavy atom. The van der Waals surface area contributed by atoms with Gasteiger partial charge in [0.1, 0.15) is 11.6 Å². The van der Waals surface area contributed by atoms with Gasteiger partial charge in [0.2, 0.25) is 5.78 Å². The van der Waals surface area contributed by atoms with Crippen molar-refractivity contribution in [1.82, 2.24) is 9.55 Å². The molecule has 0 amide bonds. The van der Waals surface area contributed by atoms with Crippen molar-refractivity contribution in [3.63, 3.8) is 0 Å². The van der Waals surface area contributed by atoms with Crippen LogP contribution in [0.5, 0.6) is 0 Å². The summed E-state index contributed by atoms with van der Waals surface area (Å²) in [5, 5.41) is 10.2. The van der Waals surface area contributed by atoms with Crippen molar-refractivity contribution >= 4 is 28.7 Å². The maximum Gasteiger partial charge on any atom is 0.349 e. The van der Waals surface area contributed by atoms with E-state index in [2.05, 4.69) is 16.5 Å². The Kier molecular flexibility index (Phi) is 6.22. The first-order valence-corrected chi connectivity index (χ1v) is 9.93. The van der Waals surface area contributed by atoms with Gasteiger partial charge in [0.15, 0.2) is 6.61 Å². The fraction of sp³-hybridized carbons (Fsp3) is 0.292. The minimum Gasteiger partial charge on any atom is -0.453 e. The third-order valence-corrected chi connectivity index (χ3v) is 5.21. The number of para-hydroxylation sites is 1. The van der Waals surface area contributed by atoms with Crippen molar-refractivity contribution in [3.8, 4) is 6.07 Å². The number of ketones is 1. The van der Waals surface area contributed by atoms with Crippen LogP contribution in [0.3, 0.4) is 0 Å². The van der Waals surface area contributed by atoms with Gasteiger partial charge in [-0.05, 0) is 51.0 Å². The number of ether oxygens (including phenoxy) is 1. The van der Waals surface area contributed by atoms with E-state index in [1.165, 1.54) is 6.08 Å². The minimum atomic E-state index is -0.802. The Balaban J connectivity index is 1.77. The van der Waals surface area contributed by atoms with Crippen LogP contribution in [0.4, 0.5) is 0 Å². The molecule has 0 aliphatic rings. The maximum atomic E-state index is 12.7. The van der Waals surface area contributed by atoms with Gasteiger partial charge in [-0.2, -0.15) is 5.26 Å². The highest BCUT2D eigenvalue weighted by atomic mass is 16.5. The van der Waals surface area contributed by atoms with E-state index in [1.807, 2.05) is 57.2 Å². The van der Waals surface area contributed by atoms with E-state index >= 15 is 0 Å². The molecule has 1 aromatic carbocycles. The van der Waals surface area contributed by atoms with Crippen LogP contribution in [-0.4, -0.2) is 27.9 Å². The molecule has 0 aliphatic carbocycles. The highest BCUT2D eigenvalue weighted by molar-refractivity contribution is 6.10. The maximum absolute atomic E-state index is 12.7. The molecule has 0 saturated heterocycles. The SMILES string of the molecule is CCCn1c(C)cc(/C=C(\C#N)C(=O)OCC(=O)c2c(C)[nH]c3ccccc23)c1C. The lowest BCUT2D eigenvalue weighted by Crippen LogP contribution is -2.15. The number of carbonyl (C=O) groups is 2. The molecule has 6 nitrogen and oxygen atoms in total. The zero-order chi connectivity index (χ0) is 21.8. The molecule has 3 aromatic rings. The summed E-state index contributed by atoms with van der Waals surface area (Å²) in [6.07, 6.45) is 2.51. The number of aromatic amines is 1. The normalized spacial score (nSPS) is 11.5. The number of nitriles is 1. The second kappa shape index (κ2) is 8.83. The number of aromatic nitrogens is 2. The van der Waals surface area contributed by atoms with E-state index in [4.69, 9.17) is 4.74 Å². The molecular formula is C24H25N3O3. The summed E-state index contributed by atoms with van der Waals surface area (Å²) in [4.78, 5) is 28.3. The summed E-state index contributed by atoms with van der Waals surface area (Å²) in [6.45, 7) is 8.30. The molecule has 1 N–H and O–H groups in total. The number of hydrogen-bond donors (Lipinski definition) is 1. The molecule has 0 saturated carbocycles. The van der Waals surface area contributed by atoms with Gasteiger partial charge in [0, 0.05) is 40.1 Å². The Morgan fingerprint density at radius 2 is 1.97 bits per heavy atom. The number of nitrogens with zero attached hydrogens (tertiary/aromatic N) is 2. The number of nitrogens with one attached hydrogen (secondary N) is 1. The molecule has 2 heterocycles. The Morgan fingerprint density at radius 1 is 1.23 bits per heavy atom. The zero-order valence-electron chi connectivity index (χ0n) is 17.7. The molecule has 0 aliphatic heterocycles. The summed E-state index contributed by atoms with van der Waals surface area (Å²) in [5.41, 5.74) is 4.80. The van der Waals surface area contributed by atoms with E-state index in [0.717, 1.165) is 46.5 Å². The summed E-state index contributed by atoms with van der Waals surface area (Å²) < 4.78 is 7.33. The first-order chi connectivity index (χ1) is 14.4. The highest BCUT2D eigenvalue weighted by Gasteiger charge is 2.19. The van der Waals surface area contributed by atoms with Crippen LogP contribution in [0.1, 0.15) is 46.3 Å². The van der Waals surface area contributed by atoms with Crippen molar-refractivity contribution in [3.05, 3.63) is 64.1 Å². The van der Waals surface area contributed by atoms with E-state index in [-0.39, 0.29) is 11.4 Å². The van der Waals surface area contributed by atoms with Crippen molar-refractivity contribution in [1.29, 1.82) is 5.26 Å². The Labute approximate surface area is 175 Å². The van der Waals surface area contributed by atoms with E-state index in [0.29, 0.717) is 5.56 Å². The smallest absolute Gasteiger partial charge is 0.349 e. The second-order valence-electron chi connectivity index (χ2n) is 7.32. The number of hydrogen-bond acceptors (Lipinski definition) is 4. The summed E-state index contributed by atoms with van der Waals surface area (Å²) >= 11 is 0. The molecule has 0 bridgehead atoms. The number of esters is 1. The molecule has 0 radical (unpaired) electrons. The van der Waals surface area contributed by atoms with E-state index in [9.17, 15) is 14.9 Å². The molecule has 0 unspecified atom stereocenters. The molecule has 0 fully saturated rings. The standard InChI is InChI=1S/C24H25N3O3/c1-5-10-27-15(2)11-18(17(27)4)12-19(13-25)24(29)30-14-22(28)23-16(3)26-21-9-7-6-8-20(21)23/h6-9,11-12,26H,5,10,14H2,1-4H3/b19-12+. The number of Topliss-reactive ketones (excluding diaryl/α,β-unsaturated/α-hetero) is 1. The summed E-state index contributed by atoms with van der Waals surface area (Å²) in [6, 6.07) is 11.3. The lowest BCUT2D eigenvalue weighted by molar-refractivity contribution is -0.137. The van der Waals surface area contributed by atoms with Crippen molar-refractivity contribution < 1.29 is 14.3 Å². The van der Waals surface area contributed by atoms with Crippen molar-refractivity contribution in [2.24, 2.45) is 0 Å². The van der Waals surface area contributed by atoms with Crippen LogP contribution in [0.2, 0.25) is 0 Å². The van der Waals surface area contributed by atoms with Gasteiger partial charge in [-0.3, -0.25) is 4.79 Å². The fourth-order valence-electron chi connectivity index (χ4n) is 3.75. The van der Waals surface area contributed by atoms with Crippen molar-refractivity contribution in [2.75, 3.05) is 6.61 Å². The fourth-order valence-corrected chi connectivity index (χ4v) is 3.75. The van der Waals surface area contributed by atoms with Gasteiger partial charge in [0.25, 0.3) is 0 Å². The molecule has 154 valence electrons. The highest BCUT2D eigenvalue weighted by Crippen LogP contribution is 2.23. The van der Waals surface area contributed by atoms with Gasteiger partial charge < -0.3 is 14.3 Å². The van der Waals surface area contributed by atoms with E-state index < -0.39 is 12.6 Å². The average molecular weight is 403 g/mol. The number of carbonyl (C=O) groups excluding carboxylic acids is 2. The van der Waals surface area contributed by atoms with Crippen LogP contribution in [0.25, 0.3) is 17.0 Å². The number of fused-ring (bicyclic) bond motifs is 1. The molecule has 30 heavy (non-hydrogen) atoms. The van der Waals surface area contributed by atoms with Crippen molar-refractivity contribution in [2.45, 2.75) is 40.7 Å². The summed E-state index contributed by atoms with van der Waals surface area (Å²) in [5.74, 6) is -1.11. The molecule has 2 aromatic heterocycles. The second-order valence-corrected chi connectivity index (χ2v) is 7.32. The van der Waals surface area contributed by atoms with Crippen LogP contribution >= 0.6 is 0 Å².